The number of hydrogen-bond acceptors (Lipinski definition) is 5. The molecule has 0 radical (unpaired) electrons. The van der Waals surface area contributed by atoms with Crippen LogP contribution in [-0.4, -0.2) is 50.5 Å². The molecule has 0 saturated carbocycles. The first-order valence-corrected chi connectivity index (χ1v) is 8.78. The molecule has 0 amide bonds. The molecular weight excluding hydrogens is 386 g/mol. The summed E-state index contributed by atoms with van der Waals surface area (Å²) in [5, 5.41) is 37.3. The molecule has 9 heteroatoms. The van der Waals surface area contributed by atoms with Crippen LogP contribution in [0.5, 0.6) is 0 Å². The third kappa shape index (κ3) is 6.34. The van der Waals surface area contributed by atoms with E-state index in [9.17, 15) is 5.11 Å². The number of aromatic amines is 1. The number of hydrogen-bond donors (Lipinski definition) is 5. The second kappa shape index (κ2) is 10.4. The number of para-hydroxylation sites is 1. The Bertz CT molecular complexity index is 932. The van der Waals surface area contributed by atoms with Gasteiger partial charge in [0.1, 0.15) is 0 Å². The Hall–Kier alpha value is -2.94. The summed E-state index contributed by atoms with van der Waals surface area (Å²) in [5.74, 6) is -3.65. The van der Waals surface area contributed by atoms with Gasteiger partial charge in [0.25, 0.3) is 0 Å². The van der Waals surface area contributed by atoms with Crippen molar-refractivity contribution in [3.8, 4) is 0 Å². The van der Waals surface area contributed by atoms with Crippen molar-refractivity contribution in [2.24, 2.45) is 0 Å². The maximum absolute atomic E-state index is 10.1. The number of nitrogens with one attached hydrogen (secondary N) is 2. The molecule has 1 heterocycles. The summed E-state index contributed by atoms with van der Waals surface area (Å²) < 4.78 is 0. The molecule has 148 valence electrons. The molecule has 0 saturated heterocycles. The van der Waals surface area contributed by atoms with Crippen LogP contribution in [0.4, 0.5) is 0 Å². The number of H-pyrrole nitrogens is 1. The standard InChI is InChI=1S/C17H18ClN3O.C2H2O4/c18-13-5-3-4-12(10-13)17(22)11-19-9-8-16-14-6-1-2-7-15(14)20-21-16;3-1(4)2(5)6/h1-7,10,17,19,22H,8-9,11H2,(H,20,21);(H,3,4)(H,5,6). The van der Waals surface area contributed by atoms with E-state index in [1.165, 1.54) is 0 Å². The minimum Gasteiger partial charge on any atom is -0.473 e. The summed E-state index contributed by atoms with van der Waals surface area (Å²) >= 11 is 5.93. The Balaban J connectivity index is 0.000000409. The normalized spacial score (nSPS) is 11.5. The molecule has 1 unspecified atom stereocenters. The molecule has 0 spiro atoms. The molecule has 8 nitrogen and oxygen atoms in total. The number of fused-ring (bicyclic) bond motifs is 1. The Morgan fingerprint density at radius 2 is 1.82 bits per heavy atom. The van der Waals surface area contributed by atoms with Gasteiger partial charge in [0.2, 0.25) is 0 Å². The van der Waals surface area contributed by atoms with E-state index in [1.54, 1.807) is 12.1 Å². The summed E-state index contributed by atoms with van der Waals surface area (Å²) in [4.78, 5) is 18.2. The topological polar surface area (TPSA) is 136 Å². The number of rotatable bonds is 6. The average Bonchev–Trinajstić information content (AvgIpc) is 3.08. The van der Waals surface area contributed by atoms with Crippen LogP contribution in [0.3, 0.4) is 0 Å². The highest BCUT2D eigenvalue weighted by atomic mass is 35.5. The number of aliphatic hydroxyl groups is 1. The average molecular weight is 406 g/mol. The van der Waals surface area contributed by atoms with Crippen molar-refractivity contribution in [2.45, 2.75) is 12.5 Å². The predicted molar refractivity (Wildman–Crippen MR) is 104 cm³/mol. The molecule has 3 aromatic rings. The first kappa shape index (κ1) is 21.4. The third-order valence-corrected chi connectivity index (χ3v) is 4.08. The molecule has 0 aliphatic carbocycles. The van der Waals surface area contributed by atoms with Crippen molar-refractivity contribution < 1.29 is 24.9 Å². The third-order valence-electron chi connectivity index (χ3n) is 3.85. The zero-order chi connectivity index (χ0) is 20.5. The van der Waals surface area contributed by atoms with E-state index >= 15 is 0 Å². The van der Waals surface area contributed by atoms with Gasteiger partial charge in [0, 0.05) is 35.6 Å². The van der Waals surface area contributed by atoms with Crippen molar-refractivity contribution in [3.05, 3.63) is 64.8 Å². The summed E-state index contributed by atoms with van der Waals surface area (Å²) in [7, 11) is 0. The van der Waals surface area contributed by atoms with Crippen LogP contribution in [0, 0.1) is 0 Å². The van der Waals surface area contributed by atoms with Crippen molar-refractivity contribution in [1.29, 1.82) is 0 Å². The highest BCUT2D eigenvalue weighted by Crippen LogP contribution is 2.17. The zero-order valence-electron chi connectivity index (χ0n) is 14.8. The highest BCUT2D eigenvalue weighted by Gasteiger charge is 2.08. The Morgan fingerprint density at radius 1 is 1.11 bits per heavy atom. The largest absolute Gasteiger partial charge is 0.473 e. The number of carboxylic acid groups (broad SMARTS) is 2. The number of aromatic nitrogens is 2. The molecule has 0 bridgehead atoms. The van der Waals surface area contributed by atoms with E-state index in [0.717, 1.165) is 35.1 Å². The summed E-state index contributed by atoms with van der Waals surface area (Å²) in [6.45, 7) is 1.26. The highest BCUT2D eigenvalue weighted by molar-refractivity contribution is 6.30. The van der Waals surface area contributed by atoms with E-state index in [0.29, 0.717) is 11.6 Å². The van der Waals surface area contributed by atoms with Crippen LogP contribution >= 0.6 is 11.6 Å². The second-order valence-electron chi connectivity index (χ2n) is 5.85. The zero-order valence-corrected chi connectivity index (χ0v) is 15.6. The predicted octanol–water partition coefficient (Wildman–Crippen LogP) is 2.24. The van der Waals surface area contributed by atoms with Crippen molar-refractivity contribution in [1.82, 2.24) is 15.5 Å². The molecule has 0 aliphatic heterocycles. The van der Waals surface area contributed by atoms with Gasteiger partial charge in [0.15, 0.2) is 0 Å². The summed E-state index contributed by atoms with van der Waals surface area (Å²) in [6.07, 6.45) is 0.278. The van der Waals surface area contributed by atoms with Gasteiger partial charge in [-0.1, -0.05) is 41.9 Å². The van der Waals surface area contributed by atoms with Gasteiger partial charge < -0.3 is 20.6 Å². The van der Waals surface area contributed by atoms with Crippen LogP contribution in [0.15, 0.2) is 48.5 Å². The summed E-state index contributed by atoms with van der Waals surface area (Å²) in [5.41, 5.74) is 2.92. The smallest absolute Gasteiger partial charge is 0.414 e. The van der Waals surface area contributed by atoms with Crippen LogP contribution in [-0.2, 0) is 16.0 Å². The van der Waals surface area contributed by atoms with Crippen LogP contribution in [0.25, 0.3) is 10.9 Å². The molecule has 0 aliphatic rings. The van der Waals surface area contributed by atoms with Gasteiger partial charge in [-0.25, -0.2) is 9.59 Å². The van der Waals surface area contributed by atoms with Gasteiger partial charge >= 0.3 is 11.9 Å². The number of benzene rings is 2. The Kier molecular flexibility index (Phi) is 7.94. The van der Waals surface area contributed by atoms with Gasteiger partial charge in [-0.3, -0.25) is 5.10 Å². The fourth-order valence-corrected chi connectivity index (χ4v) is 2.69. The number of aliphatic carboxylic acids is 2. The van der Waals surface area contributed by atoms with E-state index in [4.69, 9.17) is 31.4 Å². The quantitative estimate of drug-likeness (QED) is 0.313. The first-order valence-electron chi connectivity index (χ1n) is 8.41. The fraction of sp³-hybridized carbons (Fsp3) is 0.211. The van der Waals surface area contributed by atoms with Crippen LogP contribution in [0.1, 0.15) is 17.4 Å². The van der Waals surface area contributed by atoms with E-state index in [1.807, 2.05) is 30.3 Å². The van der Waals surface area contributed by atoms with Crippen LogP contribution in [0.2, 0.25) is 5.02 Å². The lowest BCUT2D eigenvalue weighted by Crippen LogP contribution is -2.23. The molecule has 1 aromatic heterocycles. The summed E-state index contributed by atoms with van der Waals surface area (Å²) in [6, 6.07) is 15.4. The second-order valence-corrected chi connectivity index (χ2v) is 6.29. The van der Waals surface area contributed by atoms with Crippen LogP contribution < -0.4 is 5.32 Å². The van der Waals surface area contributed by atoms with E-state index < -0.39 is 18.0 Å². The molecule has 0 fully saturated rings. The van der Waals surface area contributed by atoms with Gasteiger partial charge in [-0.15, -0.1) is 0 Å². The van der Waals surface area contributed by atoms with E-state index in [-0.39, 0.29) is 0 Å². The lowest BCUT2D eigenvalue weighted by Gasteiger charge is -2.12. The van der Waals surface area contributed by atoms with Crippen molar-refractivity contribution >= 4 is 34.4 Å². The number of nitrogens with zero attached hydrogens (tertiary/aromatic N) is 1. The minimum atomic E-state index is -1.82. The molecule has 28 heavy (non-hydrogen) atoms. The monoisotopic (exact) mass is 405 g/mol. The van der Waals surface area contributed by atoms with Crippen molar-refractivity contribution in [3.63, 3.8) is 0 Å². The van der Waals surface area contributed by atoms with E-state index in [2.05, 4.69) is 21.6 Å². The number of carboxylic acids is 2. The minimum absolute atomic E-state index is 0.492. The number of aliphatic hydroxyl groups excluding tert-OH is 1. The molecule has 2 aromatic carbocycles. The fourth-order valence-electron chi connectivity index (χ4n) is 2.49. The molecular formula is C19H20ClN3O5. The molecule has 5 N–H and O–H groups in total. The maximum Gasteiger partial charge on any atom is 0.414 e. The van der Waals surface area contributed by atoms with Gasteiger partial charge in [-0.2, -0.15) is 5.10 Å². The Labute approximate surface area is 165 Å². The number of halogens is 1. The van der Waals surface area contributed by atoms with Crippen molar-refractivity contribution in [2.75, 3.05) is 13.1 Å². The van der Waals surface area contributed by atoms with Gasteiger partial charge in [0.05, 0.1) is 11.6 Å². The first-order chi connectivity index (χ1) is 13.4. The lowest BCUT2D eigenvalue weighted by atomic mass is 10.1. The lowest BCUT2D eigenvalue weighted by molar-refractivity contribution is -0.159. The SMILES string of the molecule is O=C(O)C(=O)O.OC(CNCCc1[nH]nc2ccccc12)c1cccc(Cl)c1. The Morgan fingerprint density at radius 3 is 2.50 bits per heavy atom. The molecule has 3 rings (SSSR count). The molecule has 1 atom stereocenters. The maximum atomic E-state index is 10.1. The van der Waals surface area contributed by atoms with Gasteiger partial charge in [-0.05, 0) is 23.8 Å². The number of carbonyl (C=O) groups is 2.